The fourth-order valence-electron chi connectivity index (χ4n) is 1.01. The number of nitrogens with zero attached hydrogens (tertiary/aromatic N) is 1. The second-order valence-corrected chi connectivity index (χ2v) is 2.68. The van der Waals surface area contributed by atoms with Crippen LogP contribution in [0.2, 0.25) is 0 Å². The Labute approximate surface area is 65.6 Å². The molecule has 2 atom stereocenters. The van der Waals surface area contributed by atoms with Crippen LogP contribution >= 0.6 is 0 Å². The van der Waals surface area contributed by atoms with E-state index in [1.807, 2.05) is 6.92 Å². The number of aldehydes is 1. The van der Waals surface area contributed by atoms with Crippen molar-refractivity contribution in [3.63, 3.8) is 0 Å². The third kappa shape index (κ3) is 2.57. The van der Waals surface area contributed by atoms with Gasteiger partial charge in [-0.05, 0) is 13.3 Å². The molecule has 0 aromatic heterocycles. The van der Waals surface area contributed by atoms with E-state index in [0.717, 1.165) is 12.7 Å². The number of carbonyl (C=O) groups excluding carboxylic acids is 1. The summed E-state index contributed by atoms with van der Waals surface area (Å²) in [5, 5.41) is 3.72. The van der Waals surface area contributed by atoms with Gasteiger partial charge in [0.05, 0.1) is 6.10 Å². The van der Waals surface area contributed by atoms with Crippen LogP contribution in [0.1, 0.15) is 13.3 Å². The molecule has 0 radical (unpaired) electrons. The zero-order chi connectivity index (χ0) is 8.10. The van der Waals surface area contributed by atoms with E-state index in [2.05, 4.69) is 10.5 Å². The highest BCUT2D eigenvalue weighted by Crippen LogP contribution is 2.06. The molecule has 1 rings (SSSR count). The van der Waals surface area contributed by atoms with Crippen LogP contribution in [0.5, 0.6) is 0 Å². The first-order valence-corrected chi connectivity index (χ1v) is 3.68. The van der Waals surface area contributed by atoms with E-state index in [0.29, 0.717) is 6.54 Å². The minimum atomic E-state index is 0.0162. The standard InChI is InChI=1S/C7H12N2O2/c1-6-2-7(4-10)3-8-9-5-11-6/h4-8H,2-3H2,1H3/b9-5-. The number of carbonyl (C=O) groups is 1. The zero-order valence-electron chi connectivity index (χ0n) is 6.49. The number of hydrogen-bond acceptors (Lipinski definition) is 4. The SMILES string of the molecule is CC1CC(C=O)CN/N=C\O1. The van der Waals surface area contributed by atoms with Gasteiger partial charge < -0.3 is 15.0 Å². The summed E-state index contributed by atoms with van der Waals surface area (Å²) in [6, 6.07) is 0. The van der Waals surface area contributed by atoms with E-state index in [-0.39, 0.29) is 12.0 Å². The molecule has 4 heteroatoms. The van der Waals surface area contributed by atoms with Gasteiger partial charge in [0.2, 0.25) is 0 Å². The second-order valence-electron chi connectivity index (χ2n) is 2.68. The molecule has 0 amide bonds. The largest absolute Gasteiger partial charge is 0.479 e. The van der Waals surface area contributed by atoms with Gasteiger partial charge in [-0.25, -0.2) is 0 Å². The van der Waals surface area contributed by atoms with Crippen LogP contribution in [0.3, 0.4) is 0 Å². The van der Waals surface area contributed by atoms with E-state index < -0.39 is 0 Å². The van der Waals surface area contributed by atoms with Crippen molar-refractivity contribution in [2.45, 2.75) is 19.4 Å². The number of nitrogens with one attached hydrogen (secondary N) is 1. The highest BCUT2D eigenvalue weighted by Gasteiger charge is 2.13. The third-order valence-corrected chi connectivity index (χ3v) is 1.62. The molecule has 0 aromatic rings. The maximum absolute atomic E-state index is 10.4. The van der Waals surface area contributed by atoms with Gasteiger partial charge in [-0.2, -0.15) is 5.10 Å². The molecule has 0 aliphatic carbocycles. The molecule has 62 valence electrons. The maximum atomic E-state index is 10.4. The van der Waals surface area contributed by atoms with Gasteiger partial charge in [0.1, 0.15) is 6.29 Å². The van der Waals surface area contributed by atoms with E-state index in [1.54, 1.807) is 0 Å². The van der Waals surface area contributed by atoms with Crippen LogP contribution < -0.4 is 5.43 Å². The summed E-state index contributed by atoms with van der Waals surface area (Å²) in [4.78, 5) is 10.4. The molecule has 1 aliphatic rings. The van der Waals surface area contributed by atoms with Crippen LogP contribution in [0.25, 0.3) is 0 Å². The van der Waals surface area contributed by atoms with Gasteiger partial charge in [-0.15, -0.1) is 0 Å². The van der Waals surface area contributed by atoms with Crippen molar-refractivity contribution < 1.29 is 9.53 Å². The van der Waals surface area contributed by atoms with Crippen molar-refractivity contribution in [3.05, 3.63) is 0 Å². The molecule has 1 heterocycles. The summed E-state index contributed by atoms with van der Waals surface area (Å²) in [5.74, 6) is 0.0162. The predicted molar refractivity (Wildman–Crippen MR) is 41.2 cm³/mol. The topological polar surface area (TPSA) is 50.7 Å². The Bertz CT molecular complexity index is 159. The lowest BCUT2D eigenvalue weighted by atomic mass is 10.0. The van der Waals surface area contributed by atoms with Crippen LogP contribution in [-0.2, 0) is 9.53 Å². The van der Waals surface area contributed by atoms with Gasteiger partial charge >= 0.3 is 0 Å². The van der Waals surface area contributed by atoms with Crippen molar-refractivity contribution in [2.24, 2.45) is 11.0 Å². The summed E-state index contributed by atoms with van der Waals surface area (Å²) in [5.41, 5.74) is 2.72. The van der Waals surface area contributed by atoms with Crippen molar-refractivity contribution in [1.29, 1.82) is 0 Å². The van der Waals surface area contributed by atoms with Crippen molar-refractivity contribution in [2.75, 3.05) is 6.54 Å². The third-order valence-electron chi connectivity index (χ3n) is 1.62. The van der Waals surface area contributed by atoms with Crippen molar-refractivity contribution >= 4 is 12.7 Å². The summed E-state index contributed by atoms with van der Waals surface area (Å²) >= 11 is 0. The van der Waals surface area contributed by atoms with Gasteiger partial charge in [0.15, 0.2) is 6.40 Å². The van der Waals surface area contributed by atoms with E-state index in [1.165, 1.54) is 6.40 Å². The van der Waals surface area contributed by atoms with Crippen LogP contribution in [-0.4, -0.2) is 25.3 Å². The summed E-state index contributed by atoms with van der Waals surface area (Å²) in [7, 11) is 0. The minimum absolute atomic E-state index is 0.0162. The summed E-state index contributed by atoms with van der Waals surface area (Å²) in [6.07, 6.45) is 3.15. The first-order chi connectivity index (χ1) is 5.33. The Balaban J connectivity index is 2.46. The smallest absolute Gasteiger partial charge is 0.192 e. The molecule has 2 unspecified atom stereocenters. The van der Waals surface area contributed by atoms with E-state index in [9.17, 15) is 4.79 Å². The molecule has 0 spiro atoms. The summed E-state index contributed by atoms with van der Waals surface area (Å²) < 4.78 is 5.10. The molecule has 0 saturated heterocycles. The molecular formula is C7H12N2O2. The molecule has 0 saturated carbocycles. The average Bonchev–Trinajstić information content (AvgIpc) is 1.96. The van der Waals surface area contributed by atoms with Crippen molar-refractivity contribution in [3.8, 4) is 0 Å². The highest BCUT2D eigenvalue weighted by atomic mass is 16.5. The van der Waals surface area contributed by atoms with Crippen LogP contribution in [0, 0.1) is 5.92 Å². The number of rotatable bonds is 1. The average molecular weight is 156 g/mol. The normalized spacial score (nSPS) is 33.9. The number of ether oxygens (including phenoxy) is 1. The fraction of sp³-hybridized carbons (Fsp3) is 0.714. The minimum Gasteiger partial charge on any atom is -0.479 e. The van der Waals surface area contributed by atoms with Gasteiger partial charge in [0.25, 0.3) is 0 Å². The monoisotopic (exact) mass is 156 g/mol. The van der Waals surface area contributed by atoms with Gasteiger partial charge in [-0.3, -0.25) is 0 Å². The van der Waals surface area contributed by atoms with Crippen molar-refractivity contribution in [1.82, 2.24) is 5.43 Å². The lowest BCUT2D eigenvalue weighted by Gasteiger charge is -2.17. The van der Waals surface area contributed by atoms with E-state index >= 15 is 0 Å². The molecule has 1 aliphatic heterocycles. The Morgan fingerprint density at radius 2 is 2.64 bits per heavy atom. The predicted octanol–water partition coefficient (Wildman–Crippen LogP) is 0.143. The first kappa shape index (κ1) is 8.04. The lowest BCUT2D eigenvalue weighted by molar-refractivity contribution is -0.111. The summed E-state index contributed by atoms with van der Waals surface area (Å²) in [6.45, 7) is 2.53. The lowest BCUT2D eigenvalue weighted by Crippen LogP contribution is -2.27. The fourth-order valence-corrected chi connectivity index (χ4v) is 1.01. The van der Waals surface area contributed by atoms with E-state index in [4.69, 9.17) is 4.74 Å². The Morgan fingerprint density at radius 1 is 1.82 bits per heavy atom. The Kier molecular flexibility index (Phi) is 2.89. The molecule has 0 aromatic carbocycles. The molecule has 0 bridgehead atoms. The van der Waals surface area contributed by atoms with Gasteiger partial charge in [0, 0.05) is 12.5 Å². The molecular weight excluding hydrogens is 144 g/mol. The Morgan fingerprint density at radius 3 is 3.36 bits per heavy atom. The highest BCUT2D eigenvalue weighted by molar-refractivity contribution is 5.54. The molecule has 11 heavy (non-hydrogen) atoms. The van der Waals surface area contributed by atoms with Crippen LogP contribution in [0.15, 0.2) is 5.10 Å². The zero-order valence-corrected chi connectivity index (χ0v) is 6.49. The molecule has 0 fully saturated rings. The quantitative estimate of drug-likeness (QED) is 0.549. The number of hydrazone groups is 1. The molecule has 1 N–H and O–H groups in total. The Hall–Kier alpha value is -1.06. The second kappa shape index (κ2) is 3.95. The maximum Gasteiger partial charge on any atom is 0.192 e. The number of hydrogen-bond donors (Lipinski definition) is 1. The van der Waals surface area contributed by atoms with Gasteiger partial charge in [-0.1, -0.05) is 0 Å². The van der Waals surface area contributed by atoms with Crippen LogP contribution in [0.4, 0.5) is 0 Å². The molecule has 4 nitrogen and oxygen atoms in total. The first-order valence-electron chi connectivity index (χ1n) is 3.68.